The summed E-state index contributed by atoms with van der Waals surface area (Å²) in [6.07, 6.45) is 8.59. The van der Waals surface area contributed by atoms with Crippen molar-refractivity contribution in [2.75, 3.05) is 48.3 Å². The summed E-state index contributed by atoms with van der Waals surface area (Å²) in [5, 5.41) is 7.90. The third kappa shape index (κ3) is 3.73. The van der Waals surface area contributed by atoms with Crippen molar-refractivity contribution in [3.05, 3.63) is 36.3 Å². The highest BCUT2D eigenvalue weighted by atomic mass is 15.3. The zero-order valence-electron chi connectivity index (χ0n) is 16.7. The first-order valence-corrected chi connectivity index (χ1v) is 10.6. The Balaban J connectivity index is 1.31. The smallest absolute Gasteiger partial charge is 0.169 e. The predicted octanol–water partition coefficient (Wildman–Crippen LogP) is 1.76. The molecule has 3 aliphatic heterocycles. The largest absolute Gasteiger partial charge is 0.380 e. The van der Waals surface area contributed by atoms with E-state index in [1.807, 2.05) is 12.3 Å². The van der Waals surface area contributed by atoms with E-state index in [-0.39, 0.29) is 0 Å². The van der Waals surface area contributed by atoms with E-state index in [0.29, 0.717) is 17.9 Å². The van der Waals surface area contributed by atoms with Crippen LogP contribution in [0.1, 0.15) is 31.4 Å². The van der Waals surface area contributed by atoms with Crippen LogP contribution in [-0.4, -0.2) is 64.9 Å². The minimum absolute atomic E-state index is 0.467. The van der Waals surface area contributed by atoms with Crippen LogP contribution in [0.3, 0.4) is 0 Å². The standard InChI is InChI=1S/C22H27N7/c23-22-21(8-10-25-26-22)28-15-19-5-6-20(16-28)29(19)18-7-9-24-17(14-18)4-3-13-27-11-1-2-12-27/h7-10,14,19-20H,1-2,5-6,11-13,15-16H2,(H2,23,26). The van der Waals surface area contributed by atoms with Crippen LogP contribution in [0.4, 0.5) is 17.2 Å². The van der Waals surface area contributed by atoms with Crippen molar-refractivity contribution in [3.63, 3.8) is 0 Å². The molecule has 0 amide bonds. The van der Waals surface area contributed by atoms with Gasteiger partial charge < -0.3 is 15.5 Å². The van der Waals surface area contributed by atoms with Gasteiger partial charge in [-0.3, -0.25) is 4.90 Å². The van der Waals surface area contributed by atoms with Crippen molar-refractivity contribution in [1.82, 2.24) is 20.1 Å². The van der Waals surface area contributed by atoms with Crippen LogP contribution in [0.25, 0.3) is 0 Å². The van der Waals surface area contributed by atoms with Gasteiger partial charge in [-0.1, -0.05) is 5.92 Å². The Labute approximate surface area is 171 Å². The summed E-state index contributed by atoms with van der Waals surface area (Å²) in [5.41, 5.74) is 9.17. The lowest BCUT2D eigenvalue weighted by atomic mass is 10.1. The van der Waals surface area contributed by atoms with Crippen molar-refractivity contribution < 1.29 is 0 Å². The van der Waals surface area contributed by atoms with Gasteiger partial charge in [0.15, 0.2) is 5.82 Å². The maximum Gasteiger partial charge on any atom is 0.169 e. The minimum Gasteiger partial charge on any atom is -0.380 e. The number of pyridine rings is 1. The molecule has 2 N–H and O–H groups in total. The molecule has 2 aromatic heterocycles. The van der Waals surface area contributed by atoms with Crippen LogP contribution in [0.15, 0.2) is 30.6 Å². The Morgan fingerprint density at radius 2 is 1.86 bits per heavy atom. The van der Waals surface area contributed by atoms with Gasteiger partial charge in [-0.05, 0) is 62.9 Å². The highest BCUT2D eigenvalue weighted by Gasteiger charge is 2.40. The van der Waals surface area contributed by atoms with Crippen LogP contribution >= 0.6 is 0 Å². The Bertz CT molecular complexity index is 914. The molecular weight excluding hydrogens is 362 g/mol. The first kappa shape index (κ1) is 18.2. The van der Waals surface area contributed by atoms with E-state index >= 15 is 0 Å². The van der Waals surface area contributed by atoms with Crippen molar-refractivity contribution in [3.8, 4) is 11.8 Å². The van der Waals surface area contributed by atoms with Gasteiger partial charge in [0.25, 0.3) is 0 Å². The van der Waals surface area contributed by atoms with E-state index in [1.54, 1.807) is 6.20 Å². The number of fused-ring (bicyclic) bond motifs is 2. The monoisotopic (exact) mass is 389 g/mol. The number of hydrogen-bond donors (Lipinski definition) is 1. The highest BCUT2D eigenvalue weighted by Crippen LogP contribution is 2.37. The number of piperazine rings is 1. The SMILES string of the molecule is Nc1nnccc1N1CC2CCC(C1)N2c1ccnc(C#CCN2CCCC2)c1. The third-order valence-electron chi connectivity index (χ3n) is 6.31. The molecule has 3 saturated heterocycles. The fourth-order valence-electron chi connectivity index (χ4n) is 4.96. The van der Waals surface area contributed by atoms with Gasteiger partial charge in [-0.15, -0.1) is 5.10 Å². The quantitative estimate of drug-likeness (QED) is 0.802. The molecule has 2 bridgehead atoms. The first-order chi connectivity index (χ1) is 14.3. The number of likely N-dealkylation sites (tertiary alicyclic amines) is 1. The Morgan fingerprint density at radius 1 is 1.07 bits per heavy atom. The van der Waals surface area contributed by atoms with Gasteiger partial charge in [0.2, 0.25) is 0 Å². The van der Waals surface area contributed by atoms with Gasteiger partial charge in [0.1, 0.15) is 5.69 Å². The number of nitrogens with zero attached hydrogens (tertiary/aromatic N) is 6. The molecule has 2 unspecified atom stereocenters. The van der Waals surface area contributed by atoms with Crippen LogP contribution in [0.2, 0.25) is 0 Å². The molecule has 0 aromatic carbocycles. The summed E-state index contributed by atoms with van der Waals surface area (Å²) in [4.78, 5) is 11.8. The van der Waals surface area contributed by atoms with Gasteiger partial charge >= 0.3 is 0 Å². The lowest BCUT2D eigenvalue weighted by Crippen LogP contribution is -2.54. The van der Waals surface area contributed by atoms with Gasteiger partial charge in [0.05, 0.1) is 18.4 Å². The van der Waals surface area contributed by atoms with Gasteiger partial charge in [-0.2, -0.15) is 5.10 Å². The summed E-state index contributed by atoms with van der Waals surface area (Å²) in [6, 6.07) is 7.18. The zero-order valence-corrected chi connectivity index (χ0v) is 16.7. The second-order valence-corrected chi connectivity index (χ2v) is 8.18. The number of hydrogen-bond acceptors (Lipinski definition) is 7. The molecule has 0 aliphatic carbocycles. The van der Waals surface area contributed by atoms with Gasteiger partial charge in [-0.25, -0.2) is 4.98 Å². The second-order valence-electron chi connectivity index (χ2n) is 8.18. The molecule has 2 aromatic rings. The van der Waals surface area contributed by atoms with Crippen LogP contribution < -0.4 is 15.5 Å². The van der Waals surface area contributed by atoms with Crippen molar-refractivity contribution >= 4 is 17.2 Å². The maximum atomic E-state index is 6.06. The lowest BCUT2D eigenvalue weighted by Gasteiger charge is -2.43. The Morgan fingerprint density at radius 3 is 2.62 bits per heavy atom. The molecule has 7 nitrogen and oxygen atoms in total. The number of rotatable bonds is 3. The van der Waals surface area contributed by atoms with E-state index < -0.39 is 0 Å². The van der Waals surface area contributed by atoms with Crippen LogP contribution in [0.5, 0.6) is 0 Å². The topological polar surface area (TPSA) is 74.4 Å². The second kappa shape index (κ2) is 7.88. The molecule has 29 heavy (non-hydrogen) atoms. The molecule has 2 atom stereocenters. The van der Waals surface area contributed by atoms with E-state index in [0.717, 1.165) is 31.0 Å². The summed E-state index contributed by atoms with van der Waals surface area (Å²) in [5.74, 6) is 7.09. The number of aromatic nitrogens is 3. The predicted molar refractivity (Wildman–Crippen MR) is 115 cm³/mol. The van der Waals surface area contributed by atoms with E-state index in [1.165, 1.54) is 44.5 Å². The number of anilines is 3. The minimum atomic E-state index is 0.467. The molecular formula is C22H27N7. The molecule has 0 radical (unpaired) electrons. The van der Waals surface area contributed by atoms with E-state index in [2.05, 4.69) is 53.9 Å². The van der Waals surface area contributed by atoms with E-state index in [4.69, 9.17) is 5.73 Å². The first-order valence-electron chi connectivity index (χ1n) is 10.6. The maximum absolute atomic E-state index is 6.06. The Hall–Kier alpha value is -2.85. The average molecular weight is 390 g/mol. The highest BCUT2D eigenvalue weighted by molar-refractivity contribution is 5.64. The summed E-state index contributed by atoms with van der Waals surface area (Å²) in [7, 11) is 0. The third-order valence-corrected chi connectivity index (χ3v) is 6.31. The molecule has 3 fully saturated rings. The van der Waals surface area contributed by atoms with Crippen molar-refractivity contribution in [2.45, 2.75) is 37.8 Å². The molecule has 0 spiro atoms. The van der Waals surface area contributed by atoms with Crippen molar-refractivity contribution in [1.29, 1.82) is 0 Å². The number of nitrogen functional groups attached to an aromatic ring is 1. The zero-order chi connectivity index (χ0) is 19.6. The summed E-state index contributed by atoms with van der Waals surface area (Å²) >= 11 is 0. The lowest BCUT2D eigenvalue weighted by molar-refractivity contribution is 0.383. The van der Waals surface area contributed by atoms with Gasteiger partial charge in [0, 0.05) is 37.1 Å². The molecule has 5 rings (SSSR count). The fourth-order valence-corrected chi connectivity index (χ4v) is 4.96. The van der Waals surface area contributed by atoms with Crippen LogP contribution in [0, 0.1) is 11.8 Å². The summed E-state index contributed by atoms with van der Waals surface area (Å²) in [6.45, 7) is 5.09. The molecule has 0 saturated carbocycles. The average Bonchev–Trinajstić information content (AvgIpc) is 3.34. The normalized spacial score (nSPS) is 23.9. The molecule has 3 aliphatic rings. The van der Waals surface area contributed by atoms with Crippen molar-refractivity contribution in [2.24, 2.45) is 0 Å². The summed E-state index contributed by atoms with van der Waals surface area (Å²) < 4.78 is 0. The van der Waals surface area contributed by atoms with E-state index in [9.17, 15) is 0 Å². The van der Waals surface area contributed by atoms with Crippen LogP contribution in [-0.2, 0) is 0 Å². The number of nitrogens with two attached hydrogens (primary N) is 1. The molecule has 150 valence electrons. The molecule has 5 heterocycles. The fraction of sp³-hybridized carbons (Fsp3) is 0.500. The Kier molecular flexibility index (Phi) is 4.94. The molecule has 7 heteroatoms.